The van der Waals surface area contributed by atoms with Gasteiger partial charge >= 0.3 is 19.8 Å². The van der Waals surface area contributed by atoms with Gasteiger partial charge in [0, 0.05) is 12.8 Å². The molecule has 0 heterocycles. The Morgan fingerprint density at radius 1 is 0.540 bits per heavy atom. The van der Waals surface area contributed by atoms with Gasteiger partial charge in [-0.3, -0.25) is 18.6 Å². The van der Waals surface area contributed by atoms with E-state index in [-0.39, 0.29) is 12.8 Å². The number of allylic oxidation sites excluding steroid dienone is 4. The third-order valence-corrected chi connectivity index (χ3v) is 9.37. The number of ether oxygens (including phenoxy) is 2. The van der Waals surface area contributed by atoms with Gasteiger partial charge in [0.1, 0.15) is 12.2 Å². The highest BCUT2D eigenvalue weighted by molar-refractivity contribution is 7.47. The maximum Gasteiger partial charge on any atom is 0.472 e. The van der Waals surface area contributed by atoms with Crippen LogP contribution in [-0.2, 0) is 32.7 Å². The van der Waals surface area contributed by atoms with E-state index >= 15 is 0 Å². The molecule has 3 atom stereocenters. The average molecular weight is 733 g/mol. The van der Waals surface area contributed by atoms with Crippen molar-refractivity contribution >= 4 is 19.8 Å². The first-order valence-corrected chi connectivity index (χ1v) is 21.3. The molecule has 0 radical (unpaired) electrons. The highest BCUT2D eigenvalue weighted by atomic mass is 31.2. The molecule has 0 amide bonds. The lowest BCUT2D eigenvalue weighted by Gasteiger charge is -2.20. The number of phosphoric ester groups is 1. The molecule has 0 aliphatic heterocycles. The van der Waals surface area contributed by atoms with Crippen LogP contribution in [0.2, 0.25) is 0 Å². The van der Waals surface area contributed by atoms with Crippen LogP contribution in [0.25, 0.3) is 0 Å². The minimum absolute atomic E-state index is 0.185. The second-order valence-corrected chi connectivity index (χ2v) is 14.7. The number of rotatable bonds is 37. The fourth-order valence-corrected chi connectivity index (χ4v) is 6.10. The van der Waals surface area contributed by atoms with Crippen molar-refractivity contribution in [3.63, 3.8) is 0 Å². The summed E-state index contributed by atoms with van der Waals surface area (Å²) in [5.41, 5.74) is 0. The molecule has 0 fully saturated rings. The predicted molar refractivity (Wildman–Crippen MR) is 201 cm³/mol. The highest BCUT2D eigenvalue weighted by Crippen LogP contribution is 2.43. The monoisotopic (exact) mass is 732 g/mol. The molecule has 0 aliphatic rings. The van der Waals surface area contributed by atoms with E-state index in [0.717, 1.165) is 51.4 Å². The SMILES string of the molecule is CCCCC/C=C\C/C=C\CCCCCCCCCC(=O)OC(CO)COP(=O)(O)OCC(CO)OC(=O)CCCCCCCCCCCC. The van der Waals surface area contributed by atoms with Crippen LogP contribution >= 0.6 is 7.82 Å². The van der Waals surface area contributed by atoms with Crippen LogP contribution in [0.15, 0.2) is 24.3 Å². The Bertz CT molecular complexity index is 894. The van der Waals surface area contributed by atoms with Crippen molar-refractivity contribution in [3.8, 4) is 0 Å². The van der Waals surface area contributed by atoms with Gasteiger partial charge in [-0.05, 0) is 44.9 Å². The van der Waals surface area contributed by atoms with Crippen LogP contribution in [0, 0.1) is 0 Å². The Kier molecular flexibility index (Phi) is 34.7. The molecule has 10 nitrogen and oxygen atoms in total. The van der Waals surface area contributed by atoms with Gasteiger partial charge in [-0.15, -0.1) is 0 Å². The number of carbonyl (C=O) groups excluding carboxylic acids is 2. The first-order chi connectivity index (χ1) is 24.3. The van der Waals surface area contributed by atoms with Crippen molar-refractivity contribution in [2.24, 2.45) is 0 Å². The number of esters is 2. The third kappa shape index (κ3) is 33.6. The topological polar surface area (TPSA) is 149 Å². The quantitative estimate of drug-likeness (QED) is 0.0244. The molecule has 0 aromatic rings. The Morgan fingerprint density at radius 3 is 1.28 bits per heavy atom. The van der Waals surface area contributed by atoms with E-state index in [9.17, 15) is 29.3 Å². The molecule has 294 valence electrons. The molecule has 50 heavy (non-hydrogen) atoms. The molecule has 0 aliphatic carbocycles. The summed E-state index contributed by atoms with van der Waals surface area (Å²) in [4.78, 5) is 34.3. The standard InChI is InChI=1S/C39H73O10P/c1-3-5-7-9-11-13-15-16-17-18-19-20-21-23-25-27-29-31-39(43)49-37(33-41)35-47-50(44,45)46-34-36(32-40)48-38(42)30-28-26-24-22-14-12-10-8-6-4-2/h11,13,16-17,36-37,40-41H,3-10,12,14-15,18-35H2,1-2H3,(H,44,45)/b13-11-,17-16-. The number of carbonyl (C=O) groups is 2. The average Bonchev–Trinajstić information content (AvgIpc) is 3.10. The number of aliphatic hydroxyl groups is 2. The van der Waals surface area contributed by atoms with Crippen molar-refractivity contribution in [2.45, 2.75) is 187 Å². The van der Waals surface area contributed by atoms with Crippen molar-refractivity contribution in [1.29, 1.82) is 0 Å². The minimum atomic E-state index is -4.63. The van der Waals surface area contributed by atoms with E-state index in [1.165, 1.54) is 83.5 Å². The molecule has 3 N–H and O–H groups in total. The van der Waals surface area contributed by atoms with Crippen LogP contribution < -0.4 is 0 Å². The Morgan fingerprint density at radius 2 is 0.880 bits per heavy atom. The summed E-state index contributed by atoms with van der Waals surface area (Å²) in [6.07, 6.45) is 33.0. The summed E-state index contributed by atoms with van der Waals surface area (Å²) >= 11 is 0. The van der Waals surface area contributed by atoms with Gasteiger partial charge in [-0.25, -0.2) is 4.57 Å². The lowest BCUT2D eigenvalue weighted by molar-refractivity contribution is -0.153. The van der Waals surface area contributed by atoms with E-state index in [4.69, 9.17) is 18.5 Å². The van der Waals surface area contributed by atoms with Gasteiger partial charge in [0.25, 0.3) is 0 Å². The molecule has 0 saturated heterocycles. The summed E-state index contributed by atoms with van der Waals surface area (Å²) < 4.78 is 32.4. The molecule has 0 rings (SSSR count). The smallest absolute Gasteiger partial charge is 0.457 e. The summed E-state index contributed by atoms with van der Waals surface area (Å²) in [5.74, 6) is -1.03. The van der Waals surface area contributed by atoms with Crippen LogP contribution in [0.1, 0.15) is 174 Å². The summed E-state index contributed by atoms with van der Waals surface area (Å²) in [6, 6.07) is 0. The zero-order valence-electron chi connectivity index (χ0n) is 31.6. The number of hydrogen-bond donors (Lipinski definition) is 3. The number of hydrogen-bond acceptors (Lipinski definition) is 9. The van der Waals surface area contributed by atoms with E-state index in [2.05, 4.69) is 38.2 Å². The van der Waals surface area contributed by atoms with E-state index < -0.39 is 58.4 Å². The molecule has 3 unspecified atom stereocenters. The Balaban J connectivity index is 3.96. The van der Waals surface area contributed by atoms with E-state index in [1.54, 1.807) is 0 Å². The minimum Gasteiger partial charge on any atom is -0.457 e. The second-order valence-electron chi connectivity index (χ2n) is 13.3. The van der Waals surface area contributed by atoms with Crippen molar-refractivity contribution < 1.29 is 47.8 Å². The van der Waals surface area contributed by atoms with Crippen molar-refractivity contribution in [1.82, 2.24) is 0 Å². The molecular formula is C39H73O10P. The highest BCUT2D eigenvalue weighted by Gasteiger charge is 2.27. The third-order valence-electron chi connectivity index (χ3n) is 8.42. The zero-order chi connectivity index (χ0) is 37.0. The normalized spacial score (nSPS) is 14.3. The first-order valence-electron chi connectivity index (χ1n) is 19.8. The molecule has 0 saturated carbocycles. The molecule has 11 heteroatoms. The van der Waals surface area contributed by atoms with E-state index in [1.807, 2.05) is 0 Å². The van der Waals surface area contributed by atoms with Crippen LogP contribution in [0.3, 0.4) is 0 Å². The van der Waals surface area contributed by atoms with Crippen LogP contribution in [0.4, 0.5) is 0 Å². The maximum absolute atomic E-state index is 12.3. The van der Waals surface area contributed by atoms with Gasteiger partial charge in [-0.1, -0.05) is 141 Å². The number of phosphoric acid groups is 1. The summed E-state index contributed by atoms with van der Waals surface area (Å²) in [5, 5.41) is 19.1. The predicted octanol–water partition coefficient (Wildman–Crippen LogP) is 9.83. The lowest BCUT2D eigenvalue weighted by atomic mass is 10.1. The summed E-state index contributed by atoms with van der Waals surface area (Å²) in [7, 11) is -4.63. The van der Waals surface area contributed by atoms with Gasteiger partial charge in [-0.2, -0.15) is 0 Å². The van der Waals surface area contributed by atoms with Gasteiger partial charge in [0.15, 0.2) is 0 Å². The van der Waals surface area contributed by atoms with Gasteiger partial charge < -0.3 is 24.6 Å². The largest absolute Gasteiger partial charge is 0.472 e. The molecule has 0 aromatic carbocycles. The molecule has 0 aromatic heterocycles. The van der Waals surface area contributed by atoms with Crippen LogP contribution in [0.5, 0.6) is 0 Å². The molecule has 0 bridgehead atoms. The summed E-state index contributed by atoms with van der Waals surface area (Å²) in [6.45, 7) is 2.15. The Hall–Kier alpha value is -1.55. The molecular weight excluding hydrogens is 659 g/mol. The zero-order valence-corrected chi connectivity index (χ0v) is 32.5. The fourth-order valence-electron chi connectivity index (χ4n) is 5.32. The molecule has 0 spiro atoms. The first kappa shape index (κ1) is 48.5. The van der Waals surface area contributed by atoms with Crippen molar-refractivity contribution in [3.05, 3.63) is 24.3 Å². The Labute approximate surface area is 304 Å². The second kappa shape index (κ2) is 35.8. The van der Waals surface area contributed by atoms with Crippen molar-refractivity contribution in [2.75, 3.05) is 26.4 Å². The maximum atomic E-state index is 12.3. The van der Waals surface area contributed by atoms with Crippen LogP contribution in [-0.4, -0.2) is 65.7 Å². The van der Waals surface area contributed by atoms with Gasteiger partial charge in [0.2, 0.25) is 0 Å². The lowest BCUT2D eigenvalue weighted by Crippen LogP contribution is -2.28. The number of unbranched alkanes of at least 4 members (excludes halogenated alkanes) is 19. The fraction of sp³-hybridized carbons (Fsp3) is 0.846. The number of aliphatic hydroxyl groups excluding tert-OH is 2. The van der Waals surface area contributed by atoms with E-state index in [0.29, 0.717) is 12.8 Å². The van der Waals surface area contributed by atoms with Gasteiger partial charge in [0.05, 0.1) is 26.4 Å².